The topological polar surface area (TPSA) is 69.6 Å². The SMILES string of the molecule is CC1CCC(CNC(=O)N2CSC[C@H]2C(=O)O)CC1. The van der Waals surface area contributed by atoms with E-state index in [4.69, 9.17) is 5.11 Å². The third kappa shape index (κ3) is 3.78. The van der Waals surface area contributed by atoms with Gasteiger partial charge in [0.25, 0.3) is 0 Å². The van der Waals surface area contributed by atoms with Crippen LogP contribution in [0.25, 0.3) is 0 Å². The smallest absolute Gasteiger partial charge is 0.327 e. The van der Waals surface area contributed by atoms with Gasteiger partial charge in [-0.1, -0.05) is 19.8 Å². The monoisotopic (exact) mass is 286 g/mol. The average Bonchev–Trinajstić information content (AvgIpc) is 2.87. The number of aliphatic carboxylic acids is 1. The van der Waals surface area contributed by atoms with Crippen molar-refractivity contribution in [2.24, 2.45) is 11.8 Å². The van der Waals surface area contributed by atoms with Crippen LogP contribution in [0.3, 0.4) is 0 Å². The highest BCUT2D eigenvalue weighted by molar-refractivity contribution is 7.99. The first-order valence-electron chi connectivity index (χ1n) is 6.93. The highest BCUT2D eigenvalue weighted by Crippen LogP contribution is 2.28. The Hall–Kier alpha value is -0.910. The number of carboxylic acids is 1. The second-order valence-corrected chi connectivity index (χ2v) is 6.64. The summed E-state index contributed by atoms with van der Waals surface area (Å²) in [4.78, 5) is 24.5. The highest BCUT2D eigenvalue weighted by Gasteiger charge is 2.34. The molecule has 2 aliphatic rings. The zero-order valence-electron chi connectivity index (χ0n) is 11.3. The normalized spacial score (nSPS) is 31.2. The molecule has 0 bridgehead atoms. The van der Waals surface area contributed by atoms with Crippen molar-refractivity contribution in [3.63, 3.8) is 0 Å². The molecule has 1 aliphatic carbocycles. The van der Waals surface area contributed by atoms with Crippen LogP contribution in [0.4, 0.5) is 4.79 Å². The molecule has 108 valence electrons. The van der Waals surface area contributed by atoms with Gasteiger partial charge in [-0.2, -0.15) is 0 Å². The van der Waals surface area contributed by atoms with Gasteiger partial charge in [0.1, 0.15) is 6.04 Å². The summed E-state index contributed by atoms with van der Waals surface area (Å²) in [5.74, 6) is 1.41. The summed E-state index contributed by atoms with van der Waals surface area (Å²) in [5.41, 5.74) is 0. The number of carbonyl (C=O) groups is 2. The second-order valence-electron chi connectivity index (χ2n) is 5.64. The molecule has 2 N–H and O–H groups in total. The maximum Gasteiger partial charge on any atom is 0.327 e. The summed E-state index contributed by atoms with van der Waals surface area (Å²) in [6, 6.07) is -0.896. The number of carbonyl (C=O) groups excluding carboxylic acids is 1. The molecule has 1 atom stereocenters. The number of hydrogen-bond donors (Lipinski definition) is 2. The largest absolute Gasteiger partial charge is 0.480 e. The molecular formula is C13H22N2O3S. The van der Waals surface area contributed by atoms with Crippen molar-refractivity contribution in [1.29, 1.82) is 0 Å². The fourth-order valence-electron chi connectivity index (χ4n) is 2.71. The lowest BCUT2D eigenvalue weighted by molar-refractivity contribution is -0.140. The van der Waals surface area contributed by atoms with Gasteiger partial charge in [0.2, 0.25) is 0 Å². The summed E-state index contributed by atoms with van der Waals surface area (Å²) < 4.78 is 0. The number of nitrogens with one attached hydrogen (secondary N) is 1. The summed E-state index contributed by atoms with van der Waals surface area (Å²) in [6.07, 6.45) is 4.80. The van der Waals surface area contributed by atoms with E-state index in [1.54, 1.807) is 0 Å². The van der Waals surface area contributed by atoms with E-state index in [1.165, 1.54) is 42.3 Å². The molecule has 1 aliphatic heterocycles. The van der Waals surface area contributed by atoms with Gasteiger partial charge in [0.15, 0.2) is 0 Å². The molecule has 2 amide bonds. The van der Waals surface area contributed by atoms with E-state index in [9.17, 15) is 9.59 Å². The van der Waals surface area contributed by atoms with Gasteiger partial charge in [0, 0.05) is 12.3 Å². The average molecular weight is 286 g/mol. The van der Waals surface area contributed by atoms with Crippen LogP contribution >= 0.6 is 11.8 Å². The lowest BCUT2D eigenvalue weighted by Crippen LogP contribution is -2.48. The molecule has 5 nitrogen and oxygen atoms in total. The van der Waals surface area contributed by atoms with Crippen molar-refractivity contribution in [1.82, 2.24) is 10.2 Å². The molecule has 0 aromatic heterocycles. The van der Waals surface area contributed by atoms with Crippen LogP contribution in [0.1, 0.15) is 32.6 Å². The van der Waals surface area contributed by atoms with E-state index in [2.05, 4.69) is 12.2 Å². The number of urea groups is 1. The van der Waals surface area contributed by atoms with Crippen LogP contribution < -0.4 is 5.32 Å². The van der Waals surface area contributed by atoms with Gasteiger partial charge in [-0.05, 0) is 24.7 Å². The molecule has 0 aromatic carbocycles. The molecule has 0 unspecified atom stereocenters. The molecule has 19 heavy (non-hydrogen) atoms. The van der Waals surface area contributed by atoms with E-state index in [1.807, 2.05) is 0 Å². The fraction of sp³-hybridized carbons (Fsp3) is 0.846. The maximum absolute atomic E-state index is 12.0. The predicted molar refractivity (Wildman–Crippen MR) is 75.1 cm³/mol. The van der Waals surface area contributed by atoms with E-state index in [-0.39, 0.29) is 6.03 Å². The van der Waals surface area contributed by atoms with Crippen molar-refractivity contribution in [3.8, 4) is 0 Å². The van der Waals surface area contributed by atoms with Crippen molar-refractivity contribution < 1.29 is 14.7 Å². The summed E-state index contributed by atoms with van der Waals surface area (Å²) in [5, 5.41) is 11.9. The Labute approximate surface area is 118 Å². The zero-order chi connectivity index (χ0) is 13.8. The van der Waals surface area contributed by atoms with Crippen molar-refractivity contribution in [2.75, 3.05) is 18.2 Å². The quantitative estimate of drug-likeness (QED) is 0.832. The van der Waals surface area contributed by atoms with Gasteiger partial charge in [-0.3, -0.25) is 0 Å². The molecule has 0 spiro atoms. The van der Waals surface area contributed by atoms with Crippen LogP contribution in [-0.4, -0.2) is 46.2 Å². The molecular weight excluding hydrogens is 264 g/mol. The standard InChI is InChI=1S/C13H22N2O3S/c1-9-2-4-10(5-3-9)6-14-13(18)15-8-19-7-11(15)12(16)17/h9-11H,2-8H2,1H3,(H,14,18)(H,16,17)/t9?,10?,11-/m0/s1. The van der Waals surface area contributed by atoms with Crippen LogP contribution in [0.2, 0.25) is 0 Å². The second kappa shape index (κ2) is 6.50. The molecule has 0 aromatic rings. The van der Waals surface area contributed by atoms with Gasteiger partial charge in [-0.25, -0.2) is 9.59 Å². The molecule has 0 radical (unpaired) electrons. The van der Waals surface area contributed by atoms with Crippen LogP contribution in [0, 0.1) is 11.8 Å². The number of thioether (sulfide) groups is 1. The molecule has 2 fully saturated rings. The fourth-order valence-corrected chi connectivity index (χ4v) is 3.86. The van der Waals surface area contributed by atoms with Gasteiger partial charge in [-0.15, -0.1) is 11.8 Å². The maximum atomic E-state index is 12.0. The van der Waals surface area contributed by atoms with E-state index in [0.717, 1.165) is 5.92 Å². The molecule has 1 heterocycles. The molecule has 1 saturated heterocycles. The number of carboxylic acid groups (broad SMARTS) is 1. The van der Waals surface area contributed by atoms with E-state index in [0.29, 0.717) is 24.1 Å². The third-order valence-corrected chi connectivity index (χ3v) is 5.12. The Kier molecular flexibility index (Phi) is 4.96. The van der Waals surface area contributed by atoms with E-state index < -0.39 is 12.0 Å². The number of amides is 2. The van der Waals surface area contributed by atoms with Crippen molar-refractivity contribution in [3.05, 3.63) is 0 Å². The Morgan fingerprint density at radius 3 is 2.63 bits per heavy atom. The van der Waals surface area contributed by atoms with Crippen LogP contribution in [0.15, 0.2) is 0 Å². The first-order chi connectivity index (χ1) is 9.08. The minimum absolute atomic E-state index is 0.226. The van der Waals surface area contributed by atoms with Crippen molar-refractivity contribution >= 4 is 23.8 Å². The first-order valence-corrected chi connectivity index (χ1v) is 8.08. The Bertz CT molecular complexity index is 343. The highest BCUT2D eigenvalue weighted by atomic mass is 32.2. The summed E-state index contributed by atoms with van der Waals surface area (Å²) >= 11 is 1.49. The summed E-state index contributed by atoms with van der Waals surface area (Å²) in [7, 11) is 0. The number of nitrogens with zero attached hydrogens (tertiary/aromatic N) is 1. The van der Waals surface area contributed by atoms with Crippen LogP contribution in [0.5, 0.6) is 0 Å². The van der Waals surface area contributed by atoms with Gasteiger partial charge < -0.3 is 15.3 Å². The number of hydrogen-bond acceptors (Lipinski definition) is 3. The molecule has 1 saturated carbocycles. The molecule has 2 rings (SSSR count). The lowest BCUT2D eigenvalue weighted by atomic mass is 9.83. The Morgan fingerprint density at radius 2 is 2.00 bits per heavy atom. The Balaban J connectivity index is 1.76. The first kappa shape index (κ1) is 14.5. The third-order valence-electron chi connectivity index (χ3n) is 4.11. The van der Waals surface area contributed by atoms with E-state index >= 15 is 0 Å². The zero-order valence-corrected chi connectivity index (χ0v) is 12.1. The van der Waals surface area contributed by atoms with Gasteiger partial charge >= 0.3 is 12.0 Å². The summed E-state index contributed by atoms with van der Waals surface area (Å²) in [6.45, 7) is 2.95. The lowest BCUT2D eigenvalue weighted by Gasteiger charge is -2.27. The van der Waals surface area contributed by atoms with Crippen LogP contribution in [-0.2, 0) is 4.79 Å². The minimum Gasteiger partial charge on any atom is -0.480 e. The number of rotatable bonds is 3. The molecule has 6 heteroatoms. The predicted octanol–water partition coefficient (Wildman–Crippen LogP) is 1.98. The van der Waals surface area contributed by atoms with Gasteiger partial charge in [0.05, 0.1) is 5.88 Å². The van der Waals surface area contributed by atoms with Crippen molar-refractivity contribution in [2.45, 2.75) is 38.6 Å². The minimum atomic E-state index is -0.911. The Morgan fingerprint density at radius 1 is 1.32 bits per heavy atom.